The van der Waals surface area contributed by atoms with Crippen LogP contribution in [0.25, 0.3) is 0 Å². The van der Waals surface area contributed by atoms with Crippen molar-refractivity contribution in [2.45, 2.75) is 124 Å². The molecule has 1 atom stereocenters. The zero-order chi connectivity index (χ0) is 20.1. The molecule has 0 radical (unpaired) electrons. The van der Waals surface area contributed by atoms with Crippen LogP contribution in [0.5, 0.6) is 0 Å². The van der Waals surface area contributed by atoms with Crippen LogP contribution in [-0.4, -0.2) is 21.8 Å². The van der Waals surface area contributed by atoms with Crippen LogP contribution in [0, 0.1) is 11.8 Å². The maximum absolute atomic E-state index is 6.54. The summed E-state index contributed by atoms with van der Waals surface area (Å²) >= 11 is 0. The first-order chi connectivity index (χ1) is 12.3. The first kappa shape index (κ1) is 26.1. The first-order valence-corrected chi connectivity index (χ1v) is 13.6. The van der Waals surface area contributed by atoms with Gasteiger partial charge >= 0.3 is 8.56 Å². The van der Waals surface area contributed by atoms with Crippen molar-refractivity contribution in [3.63, 3.8) is 0 Å². The average Bonchev–Trinajstić information content (AvgIpc) is 2.59. The summed E-state index contributed by atoms with van der Waals surface area (Å²) in [5.74, 6) is 1.48. The standard InChI is InChI=1S/C23H50O2Si/c1-9-14-15-16-17-18-21(6)19-23(7,8)26(24-12-4,25-13-5)20-22(10-2)11-3/h21-22H,9-20H2,1-8H3. The molecule has 0 bridgehead atoms. The Balaban J connectivity index is 5.04. The summed E-state index contributed by atoms with van der Waals surface area (Å²) in [6.45, 7) is 20.1. The molecular formula is C23H50O2Si. The molecule has 1 unspecified atom stereocenters. The van der Waals surface area contributed by atoms with Gasteiger partial charge in [-0.05, 0) is 38.1 Å². The van der Waals surface area contributed by atoms with E-state index in [4.69, 9.17) is 8.85 Å². The lowest BCUT2D eigenvalue weighted by Crippen LogP contribution is -2.53. The van der Waals surface area contributed by atoms with E-state index < -0.39 is 8.56 Å². The Morgan fingerprint density at radius 2 is 1.35 bits per heavy atom. The van der Waals surface area contributed by atoms with Crippen molar-refractivity contribution in [2.24, 2.45) is 11.8 Å². The first-order valence-electron chi connectivity index (χ1n) is 11.6. The van der Waals surface area contributed by atoms with Gasteiger partial charge in [-0.15, -0.1) is 0 Å². The molecule has 0 aromatic heterocycles. The molecule has 0 saturated heterocycles. The summed E-state index contributed by atoms with van der Waals surface area (Å²) in [7, 11) is -2.25. The minimum Gasteiger partial charge on any atom is -0.394 e. The Morgan fingerprint density at radius 1 is 0.808 bits per heavy atom. The smallest absolute Gasteiger partial charge is 0.344 e. The lowest BCUT2D eigenvalue weighted by atomic mass is 9.93. The second-order valence-electron chi connectivity index (χ2n) is 8.90. The zero-order valence-electron chi connectivity index (χ0n) is 19.5. The molecule has 0 aromatic rings. The fourth-order valence-corrected chi connectivity index (χ4v) is 9.06. The van der Waals surface area contributed by atoms with Gasteiger partial charge in [0.25, 0.3) is 0 Å². The second-order valence-corrected chi connectivity index (χ2v) is 12.7. The molecule has 0 aromatic carbocycles. The van der Waals surface area contributed by atoms with Gasteiger partial charge in [-0.1, -0.05) is 92.9 Å². The topological polar surface area (TPSA) is 18.5 Å². The minimum absolute atomic E-state index is 0.157. The number of unbranched alkanes of at least 4 members (excludes halogenated alkanes) is 4. The van der Waals surface area contributed by atoms with Gasteiger partial charge in [0.15, 0.2) is 0 Å². The van der Waals surface area contributed by atoms with E-state index in [0.717, 1.165) is 31.1 Å². The summed E-state index contributed by atoms with van der Waals surface area (Å²) in [5.41, 5.74) is 0. The maximum Gasteiger partial charge on any atom is 0.344 e. The average molecular weight is 387 g/mol. The molecular weight excluding hydrogens is 336 g/mol. The van der Waals surface area contributed by atoms with Gasteiger partial charge in [0.05, 0.1) is 0 Å². The van der Waals surface area contributed by atoms with Crippen LogP contribution in [0.4, 0.5) is 0 Å². The van der Waals surface area contributed by atoms with Crippen LogP contribution in [-0.2, 0) is 8.85 Å². The predicted molar refractivity (Wildman–Crippen MR) is 119 cm³/mol. The molecule has 0 aliphatic rings. The highest BCUT2D eigenvalue weighted by Gasteiger charge is 2.52. The van der Waals surface area contributed by atoms with Gasteiger partial charge in [-0.3, -0.25) is 0 Å². The third kappa shape index (κ3) is 8.88. The molecule has 2 nitrogen and oxygen atoms in total. The van der Waals surface area contributed by atoms with Crippen molar-refractivity contribution >= 4 is 8.56 Å². The van der Waals surface area contributed by atoms with Gasteiger partial charge in [0.1, 0.15) is 0 Å². The SMILES string of the molecule is CCCCCCCC(C)CC(C)(C)[Si](CC(CC)CC)(OCC)OCC. The highest BCUT2D eigenvalue weighted by molar-refractivity contribution is 6.70. The van der Waals surface area contributed by atoms with E-state index in [1.807, 2.05) is 0 Å². The van der Waals surface area contributed by atoms with E-state index in [9.17, 15) is 0 Å². The summed E-state index contributed by atoms with van der Waals surface area (Å²) in [5, 5.41) is 0.157. The number of hydrogen-bond donors (Lipinski definition) is 0. The summed E-state index contributed by atoms with van der Waals surface area (Å²) < 4.78 is 13.1. The third-order valence-electron chi connectivity index (χ3n) is 6.16. The fourth-order valence-electron chi connectivity index (χ4n) is 4.48. The Bertz CT molecular complexity index is 320. The highest BCUT2D eigenvalue weighted by Crippen LogP contribution is 2.48. The van der Waals surface area contributed by atoms with Gasteiger partial charge in [-0.25, -0.2) is 0 Å². The Hall–Kier alpha value is 0.137. The summed E-state index contributed by atoms with van der Waals surface area (Å²) in [6.07, 6.45) is 11.9. The van der Waals surface area contributed by atoms with Crippen molar-refractivity contribution < 1.29 is 8.85 Å². The lowest BCUT2D eigenvalue weighted by molar-refractivity contribution is 0.143. The number of hydrogen-bond acceptors (Lipinski definition) is 2. The molecule has 0 N–H and O–H groups in total. The molecule has 3 heteroatoms. The van der Waals surface area contributed by atoms with Gasteiger partial charge in [0.2, 0.25) is 0 Å². The predicted octanol–water partition coefficient (Wildman–Crippen LogP) is 8.10. The molecule has 0 rings (SSSR count). The monoisotopic (exact) mass is 386 g/mol. The van der Waals surface area contributed by atoms with Crippen LogP contribution in [0.1, 0.15) is 113 Å². The van der Waals surface area contributed by atoms with Crippen molar-refractivity contribution in [3.05, 3.63) is 0 Å². The third-order valence-corrected chi connectivity index (χ3v) is 11.0. The molecule has 0 heterocycles. The molecule has 0 amide bonds. The molecule has 0 spiro atoms. The van der Waals surface area contributed by atoms with Crippen LogP contribution >= 0.6 is 0 Å². The van der Waals surface area contributed by atoms with E-state index >= 15 is 0 Å². The Labute approximate surface area is 167 Å². The van der Waals surface area contributed by atoms with Crippen molar-refractivity contribution in [3.8, 4) is 0 Å². The largest absolute Gasteiger partial charge is 0.394 e. The molecule has 0 aliphatic heterocycles. The van der Waals surface area contributed by atoms with Crippen LogP contribution < -0.4 is 0 Å². The van der Waals surface area contributed by atoms with Crippen molar-refractivity contribution in [1.82, 2.24) is 0 Å². The minimum atomic E-state index is -2.25. The summed E-state index contributed by atoms with van der Waals surface area (Å²) in [6, 6.07) is 1.15. The van der Waals surface area contributed by atoms with Crippen molar-refractivity contribution in [1.29, 1.82) is 0 Å². The van der Waals surface area contributed by atoms with Gasteiger partial charge < -0.3 is 8.85 Å². The van der Waals surface area contributed by atoms with Gasteiger partial charge in [-0.2, -0.15) is 0 Å². The second kappa shape index (κ2) is 14.2. The molecule has 0 aliphatic carbocycles. The number of rotatable bonds is 17. The normalized spacial score (nSPS) is 14.2. The quantitative estimate of drug-likeness (QED) is 0.186. The van der Waals surface area contributed by atoms with E-state index in [0.29, 0.717) is 0 Å². The lowest BCUT2D eigenvalue weighted by Gasteiger charge is -2.45. The maximum atomic E-state index is 6.54. The van der Waals surface area contributed by atoms with E-state index in [2.05, 4.69) is 55.4 Å². The molecule has 0 saturated carbocycles. The van der Waals surface area contributed by atoms with Gasteiger partial charge in [0, 0.05) is 18.3 Å². The van der Waals surface area contributed by atoms with Crippen LogP contribution in [0.2, 0.25) is 11.1 Å². The van der Waals surface area contributed by atoms with E-state index in [1.54, 1.807) is 0 Å². The Morgan fingerprint density at radius 3 is 1.81 bits per heavy atom. The zero-order valence-corrected chi connectivity index (χ0v) is 20.5. The van der Waals surface area contributed by atoms with E-state index in [-0.39, 0.29) is 5.04 Å². The highest BCUT2D eigenvalue weighted by atomic mass is 28.4. The summed E-state index contributed by atoms with van der Waals surface area (Å²) in [4.78, 5) is 0. The molecule has 0 fully saturated rings. The van der Waals surface area contributed by atoms with Crippen LogP contribution in [0.15, 0.2) is 0 Å². The Kier molecular flexibility index (Phi) is 14.3. The van der Waals surface area contributed by atoms with Crippen molar-refractivity contribution in [2.75, 3.05) is 13.2 Å². The van der Waals surface area contributed by atoms with Crippen LogP contribution in [0.3, 0.4) is 0 Å². The molecule has 158 valence electrons. The molecule has 26 heavy (non-hydrogen) atoms. The van der Waals surface area contributed by atoms with E-state index in [1.165, 1.54) is 57.8 Å². The fraction of sp³-hybridized carbons (Fsp3) is 1.00.